The summed E-state index contributed by atoms with van der Waals surface area (Å²) >= 11 is 0. The maximum absolute atomic E-state index is 13.2. The number of amides is 3. The second kappa shape index (κ2) is 9.94. The molecule has 0 atom stereocenters. The van der Waals surface area contributed by atoms with Crippen molar-refractivity contribution in [1.29, 1.82) is 0 Å². The summed E-state index contributed by atoms with van der Waals surface area (Å²) in [6.45, 7) is -0.233. The van der Waals surface area contributed by atoms with E-state index < -0.39 is 30.3 Å². The molecule has 0 spiro atoms. The molecule has 4 aromatic rings. The molecule has 0 radical (unpaired) electrons. The van der Waals surface area contributed by atoms with E-state index in [-0.39, 0.29) is 12.1 Å². The van der Waals surface area contributed by atoms with Crippen LogP contribution in [0.25, 0.3) is 10.8 Å². The molecule has 8 nitrogen and oxygen atoms in total. The summed E-state index contributed by atoms with van der Waals surface area (Å²) in [6.07, 6.45) is 0. The van der Waals surface area contributed by atoms with Gasteiger partial charge >= 0.3 is 5.97 Å². The number of imide groups is 1. The van der Waals surface area contributed by atoms with Gasteiger partial charge in [0.15, 0.2) is 6.61 Å². The zero-order valence-electron chi connectivity index (χ0n) is 19.9. The minimum absolute atomic E-state index is 0.181. The number of carbonyl (C=O) groups is 4. The lowest BCUT2D eigenvalue weighted by Gasteiger charge is -2.27. The number of methoxy groups -OCH3 is 1. The highest BCUT2D eigenvalue weighted by Crippen LogP contribution is 2.32. The molecule has 1 aliphatic heterocycles. The van der Waals surface area contributed by atoms with E-state index in [1.165, 1.54) is 24.3 Å². The molecular weight excluding hydrogens is 472 g/mol. The number of anilines is 1. The second-order valence-electron chi connectivity index (χ2n) is 8.37. The third kappa shape index (κ3) is 4.52. The van der Waals surface area contributed by atoms with Gasteiger partial charge in [0, 0.05) is 28.6 Å². The van der Waals surface area contributed by atoms with Gasteiger partial charge in [0.25, 0.3) is 17.7 Å². The first-order valence-electron chi connectivity index (χ1n) is 11.5. The number of benzene rings is 4. The van der Waals surface area contributed by atoms with Gasteiger partial charge in [0.05, 0.1) is 18.4 Å². The number of ether oxygens (including phenoxy) is 2. The van der Waals surface area contributed by atoms with Crippen LogP contribution in [0.1, 0.15) is 36.6 Å². The molecule has 4 aromatic carbocycles. The molecule has 0 bridgehead atoms. The van der Waals surface area contributed by atoms with Gasteiger partial charge in [-0.15, -0.1) is 0 Å². The van der Waals surface area contributed by atoms with Crippen molar-refractivity contribution in [1.82, 2.24) is 5.32 Å². The average Bonchev–Trinajstić information content (AvgIpc) is 2.94. The van der Waals surface area contributed by atoms with E-state index >= 15 is 0 Å². The highest BCUT2D eigenvalue weighted by molar-refractivity contribution is 6.35. The molecule has 0 fully saturated rings. The number of carbonyl (C=O) groups excluding carboxylic acids is 4. The summed E-state index contributed by atoms with van der Waals surface area (Å²) < 4.78 is 10.4. The standard InChI is InChI=1S/C29H22N2O6/c1-36-24-11-3-2-6-20(24)16-30-25(32)17-37-29(35)19-12-14-21(15-13-19)31-27(33)22-9-4-7-18-8-5-10-23(26(18)22)28(31)34/h2-15H,16-17H2,1H3,(H,30,32). The monoisotopic (exact) mass is 494 g/mol. The fourth-order valence-electron chi connectivity index (χ4n) is 4.32. The van der Waals surface area contributed by atoms with Crippen molar-refractivity contribution in [2.24, 2.45) is 0 Å². The first kappa shape index (κ1) is 23.7. The molecule has 0 saturated carbocycles. The molecule has 184 valence electrons. The van der Waals surface area contributed by atoms with Crippen LogP contribution in [-0.4, -0.2) is 37.4 Å². The lowest BCUT2D eigenvalue weighted by molar-refractivity contribution is -0.124. The van der Waals surface area contributed by atoms with E-state index in [0.29, 0.717) is 28.0 Å². The molecular formula is C29H22N2O6. The molecule has 1 heterocycles. The number of esters is 1. The maximum atomic E-state index is 13.2. The van der Waals surface area contributed by atoms with E-state index in [1.54, 1.807) is 37.4 Å². The Labute approximate surface area is 212 Å². The smallest absolute Gasteiger partial charge is 0.338 e. The second-order valence-corrected chi connectivity index (χ2v) is 8.37. The lowest BCUT2D eigenvalue weighted by Crippen LogP contribution is -2.40. The molecule has 1 aliphatic rings. The molecule has 1 N–H and O–H groups in total. The summed E-state index contributed by atoms with van der Waals surface area (Å²) in [5.74, 6) is -1.39. The first-order valence-corrected chi connectivity index (χ1v) is 11.5. The van der Waals surface area contributed by atoms with E-state index in [0.717, 1.165) is 15.8 Å². The maximum Gasteiger partial charge on any atom is 0.338 e. The predicted molar refractivity (Wildman–Crippen MR) is 137 cm³/mol. The molecule has 37 heavy (non-hydrogen) atoms. The van der Waals surface area contributed by atoms with Gasteiger partial charge in [0.2, 0.25) is 0 Å². The Kier molecular flexibility index (Phi) is 6.38. The van der Waals surface area contributed by atoms with Gasteiger partial charge in [-0.1, -0.05) is 42.5 Å². The largest absolute Gasteiger partial charge is 0.496 e. The quantitative estimate of drug-likeness (QED) is 0.306. The number of para-hydroxylation sites is 1. The van der Waals surface area contributed by atoms with Crippen LogP contribution < -0.4 is 15.0 Å². The number of hydrogen-bond acceptors (Lipinski definition) is 6. The molecule has 0 aliphatic carbocycles. The van der Waals surface area contributed by atoms with Crippen LogP contribution in [0, 0.1) is 0 Å². The summed E-state index contributed by atoms with van der Waals surface area (Å²) in [5, 5.41) is 4.14. The summed E-state index contributed by atoms with van der Waals surface area (Å²) in [7, 11) is 1.55. The van der Waals surface area contributed by atoms with Gasteiger partial charge in [-0.05, 0) is 47.9 Å². The lowest BCUT2D eigenvalue weighted by atomic mass is 9.94. The minimum Gasteiger partial charge on any atom is -0.496 e. The first-order chi connectivity index (χ1) is 18.0. The van der Waals surface area contributed by atoms with Crippen molar-refractivity contribution in [2.45, 2.75) is 6.54 Å². The number of nitrogens with one attached hydrogen (secondary N) is 1. The van der Waals surface area contributed by atoms with Crippen LogP contribution in [0.4, 0.5) is 5.69 Å². The van der Waals surface area contributed by atoms with Crippen molar-refractivity contribution in [3.63, 3.8) is 0 Å². The Morgan fingerprint density at radius 2 is 1.46 bits per heavy atom. The van der Waals surface area contributed by atoms with E-state index in [1.807, 2.05) is 30.3 Å². The van der Waals surface area contributed by atoms with Gasteiger partial charge < -0.3 is 14.8 Å². The van der Waals surface area contributed by atoms with Gasteiger partial charge in [-0.25, -0.2) is 9.69 Å². The minimum atomic E-state index is -0.703. The Balaban J connectivity index is 1.24. The normalized spacial score (nSPS) is 12.4. The fourth-order valence-corrected chi connectivity index (χ4v) is 4.32. The predicted octanol–water partition coefficient (Wildman–Crippen LogP) is 4.12. The van der Waals surface area contributed by atoms with Crippen LogP contribution in [-0.2, 0) is 16.1 Å². The average molecular weight is 495 g/mol. The molecule has 3 amide bonds. The highest BCUT2D eigenvalue weighted by Gasteiger charge is 2.33. The van der Waals surface area contributed by atoms with Crippen molar-refractivity contribution in [2.75, 3.05) is 18.6 Å². The van der Waals surface area contributed by atoms with E-state index in [2.05, 4.69) is 5.32 Å². The van der Waals surface area contributed by atoms with Crippen LogP contribution in [0.15, 0.2) is 84.9 Å². The topological polar surface area (TPSA) is 102 Å². The van der Waals surface area contributed by atoms with Crippen LogP contribution in [0.3, 0.4) is 0 Å². The molecule has 0 aromatic heterocycles. The molecule has 5 rings (SSSR count). The summed E-state index contributed by atoms with van der Waals surface area (Å²) in [6, 6.07) is 23.8. The van der Waals surface area contributed by atoms with Crippen molar-refractivity contribution in [3.8, 4) is 5.75 Å². The van der Waals surface area contributed by atoms with Crippen molar-refractivity contribution >= 4 is 40.2 Å². The fraction of sp³-hybridized carbons (Fsp3) is 0.103. The van der Waals surface area contributed by atoms with Crippen LogP contribution in [0.2, 0.25) is 0 Å². The van der Waals surface area contributed by atoms with Gasteiger partial charge in [-0.2, -0.15) is 0 Å². The third-order valence-corrected chi connectivity index (χ3v) is 6.14. The summed E-state index contributed by atoms with van der Waals surface area (Å²) in [5.41, 5.74) is 2.18. The SMILES string of the molecule is COc1ccccc1CNC(=O)COC(=O)c1ccc(N2C(=O)c3cccc4cccc(c34)C2=O)cc1. The zero-order valence-corrected chi connectivity index (χ0v) is 19.9. The molecule has 0 saturated heterocycles. The summed E-state index contributed by atoms with van der Waals surface area (Å²) in [4.78, 5) is 52.1. The van der Waals surface area contributed by atoms with Gasteiger partial charge in [0.1, 0.15) is 5.75 Å². The zero-order chi connectivity index (χ0) is 25.9. The number of nitrogens with zero attached hydrogens (tertiary/aromatic N) is 1. The van der Waals surface area contributed by atoms with E-state index in [4.69, 9.17) is 9.47 Å². The van der Waals surface area contributed by atoms with Crippen LogP contribution in [0.5, 0.6) is 5.75 Å². The third-order valence-electron chi connectivity index (χ3n) is 6.14. The van der Waals surface area contributed by atoms with E-state index in [9.17, 15) is 19.2 Å². The highest BCUT2D eigenvalue weighted by atomic mass is 16.5. The Morgan fingerprint density at radius 1 is 0.811 bits per heavy atom. The Hall–Kier alpha value is -4.98. The van der Waals surface area contributed by atoms with Gasteiger partial charge in [-0.3, -0.25) is 14.4 Å². The number of hydrogen-bond donors (Lipinski definition) is 1. The molecule has 8 heteroatoms. The molecule has 0 unspecified atom stereocenters. The Bertz CT molecular complexity index is 1490. The van der Waals surface area contributed by atoms with Crippen molar-refractivity contribution in [3.05, 3.63) is 107 Å². The Morgan fingerprint density at radius 3 is 2.11 bits per heavy atom. The van der Waals surface area contributed by atoms with Crippen LogP contribution >= 0.6 is 0 Å². The number of rotatable bonds is 7. The van der Waals surface area contributed by atoms with Crippen molar-refractivity contribution < 1.29 is 28.7 Å².